The average Bonchev–Trinajstić information content (AvgIpc) is 2.77. The number of nitrogens with zero attached hydrogens (tertiary/aromatic N) is 1. The molecule has 0 bridgehead atoms. The molecule has 1 aromatic carbocycles. The van der Waals surface area contributed by atoms with E-state index in [1.807, 2.05) is 18.2 Å². The second-order valence-corrected chi connectivity index (χ2v) is 6.88. The predicted molar refractivity (Wildman–Crippen MR) is 113 cm³/mol. The molecule has 1 aliphatic heterocycles. The summed E-state index contributed by atoms with van der Waals surface area (Å²) in [5.74, 6) is 2.24. The first-order valence-corrected chi connectivity index (χ1v) is 8.34. The maximum absolute atomic E-state index is 5.72. The van der Waals surface area contributed by atoms with Crippen LogP contribution in [0.5, 0.6) is 11.5 Å². The second kappa shape index (κ2) is 10.1. The highest BCUT2D eigenvalue weighted by Crippen LogP contribution is 2.32. The molecule has 142 valence electrons. The van der Waals surface area contributed by atoms with Crippen molar-refractivity contribution in [2.75, 3.05) is 39.2 Å². The Labute approximate surface area is 167 Å². The Kier molecular flexibility index (Phi) is 8.78. The molecule has 0 aliphatic carbocycles. The van der Waals surface area contributed by atoms with Crippen molar-refractivity contribution in [2.24, 2.45) is 10.4 Å². The van der Waals surface area contributed by atoms with Crippen molar-refractivity contribution >= 4 is 35.6 Å². The number of guanidine groups is 1. The van der Waals surface area contributed by atoms with Gasteiger partial charge in [-0.1, -0.05) is 20.8 Å². The van der Waals surface area contributed by atoms with Crippen molar-refractivity contribution < 1.29 is 14.2 Å². The van der Waals surface area contributed by atoms with Crippen molar-refractivity contribution in [2.45, 2.75) is 33.3 Å². The summed E-state index contributed by atoms with van der Waals surface area (Å²) >= 11 is 0. The van der Waals surface area contributed by atoms with Crippen molar-refractivity contribution in [3.63, 3.8) is 0 Å². The molecule has 7 heteroatoms. The summed E-state index contributed by atoms with van der Waals surface area (Å²) in [4.78, 5) is 4.27. The summed E-state index contributed by atoms with van der Waals surface area (Å²) in [6, 6.07) is 5.81. The van der Waals surface area contributed by atoms with Gasteiger partial charge in [0.15, 0.2) is 17.5 Å². The molecule has 0 saturated heterocycles. The zero-order valence-corrected chi connectivity index (χ0v) is 18.0. The van der Waals surface area contributed by atoms with E-state index in [0.717, 1.165) is 23.6 Å². The number of methoxy groups -OCH3 is 1. The van der Waals surface area contributed by atoms with Crippen LogP contribution in [0.15, 0.2) is 23.2 Å². The van der Waals surface area contributed by atoms with Crippen molar-refractivity contribution in [1.29, 1.82) is 0 Å². The van der Waals surface area contributed by atoms with Gasteiger partial charge in [-0.25, -0.2) is 0 Å². The second-order valence-electron chi connectivity index (χ2n) is 6.88. The van der Waals surface area contributed by atoms with Crippen LogP contribution in [0, 0.1) is 5.41 Å². The van der Waals surface area contributed by atoms with E-state index in [4.69, 9.17) is 14.2 Å². The Morgan fingerprint density at radius 1 is 1.24 bits per heavy atom. The number of hydrogen-bond acceptors (Lipinski definition) is 4. The third-order valence-corrected chi connectivity index (χ3v) is 3.94. The molecule has 0 spiro atoms. The van der Waals surface area contributed by atoms with Crippen LogP contribution in [0.2, 0.25) is 0 Å². The number of benzene rings is 1. The van der Waals surface area contributed by atoms with Crippen LogP contribution < -0.4 is 20.1 Å². The summed E-state index contributed by atoms with van der Waals surface area (Å²) in [5.41, 5.74) is 0.952. The number of fused-ring (bicyclic) bond motifs is 1. The number of anilines is 1. The first-order chi connectivity index (χ1) is 11.4. The average molecular weight is 463 g/mol. The fourth-order valence-corrected chi connectivity index (χ4v) is 2.49. The monoisotopic (exact) mass is 463 g/mol. The minimum atomic E-state index is 0. The van der Waals surface area contributed by atoms with Crippen molar-refractivity contribution in [3.05, 3.63) is 18.2 Å². The predicted octanol–water partition coefficient (Wildman–Crippen LogP) is 3.51. The first-order valence-electron chi connectivity index (χ1n) is 8.34. The zero-order chi connectivity index (χ0) is 17.6. The van der Waals surface area contributed by atoms with Gasteiger partial charge in [0.2, 0.25) is 0 Å². The summed E-state index contributed by atoms with van der Waals surface area (Å²) in [5, 5.41) is 6.59. The molecule has 1 aliphatic rings. The van der Waals surface area contributed by atoms with Crippen LogP contribution in [0.25, 0.3) is 0 Å². The molecule has 2 N–H and O–H groups in total. The summed E-state index contributed by atoms with van der Waals surface area (Å²) in [6.45, 7) is 8.50. The highest BCUT2D eigenvalue weighted by Gasteiger charge is 2.24. The maximum Gasteiger partial charge on any atom is 0.195 e. The Bertz CT molecular complexity index is 573. The fraction of sp³-hybridized carbons (Fsp3) is 0.611. The molecule has 1 atom stereocenters. The van der Waals surface area contributed by atoms with Crippen LogP contribution in [0.3, 0.4) is 0 Å². The van der Waals surface area contributed by atoms with Crippen LogP contribution in [-0.2, 0) is 4.74 Å². The zero-order valence-electron chi connectivity index (χ0n) is 15.7. The molecule has 0 fully saturated rings. The highest BCUT2D eigenvalue weighted by atomic mass is 127. The molecule has 1 heterocycles. The quantitative estimate of drug-likeness (QED) is 0.407. The molecule has 1 unspecified atom stereocenters. The highest BCUT2D eigenvalue weighted by molar-refractivity contribution is 14.0. The maximum atomic E-state index is 5.72. The van der Waals surface area contributed by atoms with Gasteiger partial charge in [0.25, 0.3) is 0 Å². The molecule has 0 saturated carbocycles. The fourth-order valence-electron chi connectivity index (χ4n) is 2.49. The van der Waals surface area contributed by atoms with Gasteiger partial charge in [-0.3, -0.25) is 4.99 Å². The lowest BCUT2D eigenvalue weighted by Crippen LogP contribution is -2.42. The minimum absolute atomic E-state index is 0. The van der Waals surface area contributed by atoms with E-state index in [1.165, 1.54) is 0 Å². The lowest BCUT2D eigenvalue weighted by Gasteiger charge is -2.30. The molecular weight excluding hydrogens is 433 g/mol. The number of rotatable bonds is 4. The number of hydrogen-bond donors (Lipinski definition) is 2. The summed E-state index contributed by atoms with van der Waals surface area (Å²) < 4.78 is 16.9. The number of ether oxygens (including phenoxy) is 3. The Morgan fingerprint density at radius 2 is 1.92 bits per heavy atom. The van der Waals surface area contributed by atoms with Gasteiger partial charge in [0.05, 0.1) is 19.3 Å². The van der Waals surface area contributed by atoms with E-state index in [9.17, 15) is 0 Å². The van der Waals surface area contributed by atoms with Crippen LogP contribution >= 0.6 is 24.0 Å². The van der Waals surface area contributed by atoms with E-state index in [0.29, 0.717) is 25.7 Å². The third kappa shape index (κ3) is 6.54. The number of aliphatic imine (C=N–C) groups is 1. The molecule has 25 heavy (non-hydrogen) atoms. The van der Waals surface area contributed by atoms with Gasteiger partial charge in [-0.05, 0) is 17.5 Å². The molecule has 0 amide bonds. The number of nitrogens with one attached hydrogen (secondary N) is 2. The van der Waals surface area contributed by atoms with Gasteiger partial charge in [-0.2, -0.15) is 0 Å². The lowest BCUT2D eigenvalue weighted by molar-refractivity contribution is 0.0206. The molecule has 2 rings (SSSR count). The van der Waals surface area contributed by atoms with E-state index in [2.05, 4.69) is 36.4 Å². The van der Waals surface area contributed by atoms with Gasteiger partial charge < -0.3 is 24.8 Å². The smallest absolute Gasteiger partial charge is 0.195 e. The topological polar surface area (TPSA) is 64.1 Å². The van der Waals surface area contributed by atoms with Gasteiger partial charge >= 0.3 is 0 Å². The van der Waals surface area contributed by atoms with E-state index in [1.54, 1.807) is 14.2 Å². The number of halogens is 1. The Balaban J connectivity index is 0.00000312. The SMILES string of the molecule is CN=C(NCC(OC)C(C)(C)C)Nc1ccc2c(c1)OCCCO2.I. The van der Waals surface area contributed by atoms with Crippen LogP contribution in [0.4, 0.5) is 5.69 Å². The van der Waals surface area contributed by atoms with Crippen LogP contribution in [0.1, 0.15) is 27.2 Å². The summed E-state index contributed by atoms with van der Waals surface area (Å²) in [6.07, 6.45) is 0.978. The van der Waals surface area contributed by atoms with E-state index in [-0.39, 0.29) is 35.5 Å². The summed E-state index contributed by atoms with van der Waals surface area (Å²) in [7, 11) is 3.48. The first kappa shape index (κ1) is 21.8. The molecule has 0 radical (unpaired) electrons. The van der Waals surface area contributed by atoms with E-state index >= 15 is 0 Å². The normalized spacial score (nSPS) is 15.6. The lowest BCUT2D eigenvalue weighted by atomic mass is 9.89. The van der Waals surface area contributed by atoms with Crippen LogP contribution in [-0.4, -0.2) is 46.0 Å². The van der Waals surface area contributed by atoms with Gasteiger partial charge in [0.1, 0.15) is 0 Å². The Morgan fingerprint density at radius 3 is 2.52 bits per heavy atom. The molecule has 6 nitrogen and oxygen atoms in total. The third-order valence-electron chi connectivity index (χ3n) is 3.94. The molecular formula is C18H30IN3O3. The minimum Gasteiger partial charge on any atom is -0.490 e. The Hall–Kier alpha value is -1.22. The van der Waals surface area contributed by atoms with Crippen molar-refractivity contribution in [3.8, 4) is 11.5 Å². The largest absolute Gasteiger partial charge is 0.490 e. The van der Waals surface area contributed by atoms with Gasteiger partial charge in [-0.15, -0.1) is 24.0 Å². The van der Waals surface area contributed by atoms with E-state index < -0.39 is 0 Å². The molecule has 1 aromatic rings. The standard InChI is InChI=1S/C18H29N3O3.HI/c1-18(2,3)16(22-5)12-20-17(19-4)21-13-7-8-14-15(11-13)24-10-6-9-23-14;/h7-8,11,16H,6,9-10,12H2,1-5H3,(H2,19,20,21);1H. The molecule has 0 aromatic heterocycles. The van der Waals surface area contributed by atoms with Crippen molar-refractivity contribution in [1.82, 2.24) is 5.32 Å². The van der Waals surface area contributed by atoms with Gasteiger partial charge in [0, 0.05) is 38.9 Å².